The van der Waals surface area contributed by atoms with Gasteiger partial charge in [0, 0.05) is 40.3 Å². The van der Waals surface area contributed by atoms with Crippen LogP contribution < -0.4 is 10.6 Å². The van der Waals surface area contributed by atoms with Gasteiger partial charge in [0.1, 0.15) is 11.8 Å². The summed E-state index contributed by atoms with van der Waals surface area (Å²) in [5.41, 5.74) is 3.32. The Labute approximate surface area is 292 Å². The molecule has 2 aromatic heterocycles. The molecule has 0 radical (unpaired) electrons. The molecule has 1 fully saturated rings. The SMILES string of the molecule is CC(C)(C)N1CCC(n2cc([C@@H](Nc3cc(Cl)cc4c(Nc5ccc(Cl)c(Cl)c5F)c(C#N)cnc34)c3ccc(Cl)cc3)nn2)CC1. The Morgan fingerprint density at radius 2 is 1.70 bits per heavy atom. The quantitative estimate of drug-likeness (QED) is 0.162. The number of nitrogens with one attached hydrogen (secondary N) is 2. The van der Waals surface area contributed by atoms with Gasteiger partial charge in [0.25, 0.3) is 0 Å². The highest BCUT2D eigenvalue weighted by Gasteiger charge is 2.29. The van der Waals surface area contributed by atoms with E-state index in [9.17, 15) is 5.26 Å². The highest BCUT2D eigenvalue weighted by molar-refractivity contribution is 6.42. The molecule has 13 heteroatoms. The van der Waals surface area contributed by atoms with Crippen molar-refractivity contribution >= 4 is 74.4 Å². The zero-order valence-electron chi connectivity index (χ0n) is 25.8. The minimum Gasteiger partial charge on any atom is -0.371 e. The molecule has 1 atom stereocenters. The Morgan fingerprint density at radius 1 is 0.979 bits per heavy atom. The second-order valence-corrected chi connectivity index (χ2v) is 14.2. The first-order valence-electron chi connectivity index (χ1n) is 15.0. The van der Waals surface area contributed by atoms with Crippen LogP contribution in [0.1, 0.15) is 62.5 Å². The number of piperidine rings is 1. The number of nitrogens with zero attached hydrogens (tertiary/aromatic N) is 6. The van der Waals surface area contributed by atoms with E-state index in [-0.39, 0.29) is 32.9 Å². The number of pyridine rings is 1. The summed E-state index contributed by atoms with van der Waals surface area (Å²) in [5.74, 6) is -0.747. The van der Waals surface area contributed by atoms with Crippen molar-refractivity contribution in [3.63, 3.8) is 0 Å². The summed E-state index contributed by atoms with van der Waals surface area (Å²) in [4.78, 5) is 7.11. The van der Waals surface area contributed by atoms with Crippen LogP contribution in [-0.4, -0.2) is 43.5 Å². The van der Waals surface area contributed by atoms with Gasteiger partial charge in [0.2, 0.25) is 0 Å². The minimum absolute atomic E-state index is 0.0434. The summed E-state index contributed by atoms with van der Waals surface area (Å²) in [7, 11) is 0. The van der Waals surface area contributed by atoms with E-state index in [2.05, 4.69) is 57.7 Å². The summed E-state index contributed by atoms with van der Waals surface area (Å²) in [6.45, 7) is 8.68. The van der Waals surface area contributed by atoms with Crippen molar-refractivity contribution in [2.75, 3.05) is 23.7 Å². The van der Waals surface area contributed by atoms with Crippen LogP contribution in [0.5, 0.6) is 0 Å². The third kappa shape index (κ3) is 6.99. The molecule has 1 saturated heterocycles. The van der Waals surface area contributed by atoms with Crippen molar-refractivity contribution in [3.8, 4) is 6.07 Å². The molecule has 5 aromatic rings. The first-order valence-corrected chi connectivity index (χ1v) is 16.6. The van der Waals surface area contributed by atoms with Crippen molar-refractivity contribution < 1.29 is 4.39 Å². The molecular weight excluding hydrogens is 681 g/mol. The summed E-state index contributed by atoms with van der Waals surface area (Å²) in [5, 5.41) is 27.0. The Kier molecular flexibility index (Phi) is 9.52. The second-order valence-electron chi connectivity index (χ2n) is 12.5. The van der Waals surface area contributed by atoms with Crippen molar-refractivity contribution in [2.24, 2.45) is 0 Å². The summed E-state index contributed by atoms with van der Waals surface area (Å²) in [6.07, 6.45) is 5.35. The van der Waals surface area contributed by atoms with Crippen LogP contribution in [0, 0.1) is 17.1 Å². The largest absolute Gasteiger partial charge is 0.371 e. The van der Waals surface area contributed by atoms with Crippen LogP contribution in [0.2, 0.25) is 20.1 Å². The van der Waals surface area contributed by atoms with Crippen LogP contribution in [-0.2, 0) is 0 Å². The fraction of sp³-hybridized carbons (Fsp3) is 0.294. The summed E-state index contributed by atoms with van der Waals surface area (Å²) >= 11 is 25.0. The molecule has 0 spiro atoms. The van der Waals surface area contributed by atoms with Gasteiger partial charge in [-0.25, -0.2) is 9.07 Å². The second kappa shape index (κ2) is 13.5. The molecule has 0 aliphatic carbocycles. The molecule has 3 aromatic carbocycles. The average Bonchev–Trinajstić information content (AvgIpc) is 3.54. The molecule has 0 bridgehead atoms. The molecule has 6 rings (SSSR count). The monoisotopic (exact) mass is 710 g/mol. The van der Waals surface area contributed by atoms with Gasteiger partial charge in [-0.2, -0.15) is 5.26 Å². The van der Waals surface area contributed by atoms with Gasteiger partial charge in [-0.3, -0.25) is 9.88 Å². The number of aromatic nitrogens is 4. The third-order valence-electron chi connectivity index (χ3n) is 8.47. The van der Waals surface area contributed by atoms with Crippen LogP contribution in [0.25, 0.3) is 10.9 Å². The Morgan fingerprint density at radius 3 is 2.38 bits per heavy atom. The van der Waals surface area contributed by atoms with E-state index in [1.54, 1.807) is 12.1 Å². The Hall–Kier alpha value is -3.65. The first kappa shape index (κ1) is 33.3. The predicted octanol–water partition coefficient (Wildman–Crippen LogP) is 9.83. The molecule has 2 N–H and O–H groups in total. The van der Waals surface area contributed by atoms with Crippen LogP contribution in [0.15, 0.2) is 60.9 Å². The normalized spacial score (nSPS) is 15.0. The maximum Gasteiger partial charge on any atom is 0.166 e. The van der Waals surface area contributed by atoms with Crippen molar-refractivity contribution in [3.05, 3.63) is 104 Å². The topological polar surface area (TPSA) is 94.7 Å². The Bertz CT molecular complexity index is 1980. The molecule has 0 unspecified atom stereocenters. The van der Waals surface area contributed by atoms with Crippen molar-refractivity contribution in [2.45, 2.75) is 51.2 Å². The molecule has 1 aliphatic heterocycles. The number of fused-ring (bicyclic) bond motifs is 1. The molecule has 1 aliphatic rings. The average molecular weight is 712 g/mol. The molecule has 3 heterocycles. The molecule has 47 heavy (non-hydrogen) atoms. The van der Waals surface area contributed by atoms with Crippen LogP contribution in [0.3, 0.4) is 0 Å². The van der Waals surface area contributed by atoms with E-state index in [0.29, 0.717) is 38.0 Å². The third-order valence-corrected chi connectivity index (χ3v) is 9.72. The van der Waals surface area contributed by atoms with E-state index in [4.69, 9.17) is 46.4 Å². The van der Waals surface area contributed by atoms with E-state index >= 15 is 4.39 Å². The lowest BCUT2D eigenvalue weighted by Crippen LogP contribution is -2.46. The van der Waals surface area contributed by atoms with Crippen LogP contribution >= 0.6 is 46.4 Å². The molecule has 0 saturated carbocycles. The summed E-state index contributed by atoms with van der Waals surface area (Å²) < 4.78 is 17.0. The molecule has 8 nitrogen and oxygen atoms in total. The van der Waals surface area contributed by atoms with Gasteiger partial charge in [0.05, 0.1) is 56.5 Å². The molecular formula is C34H31Cl4FN8. The van der Waals surface area contributed by atoms with E-state index in [1.165, 1.54) is 18.3 Å². The summed E-state index contributed by atoms with van der Waals surface area (Å²) in [6, 6.07) is 15.7. The first-order chi connectivity index (χ1) is 22.4. The van der Waals surface area contributed by atoms with E-state index < -0.39 is 11.9 Å². The zero-order chi connectivity index (χ0) is 33.5. The lowest BCUT2D eigenvalue weighted by atomic mass is 9.98. The number of hydrogen-bond acceptors (Lipinski definition) is 7. The standard InChI is InChI=1S/C34H31Cl4FN8/c1-34(2,3)46-12-10-23(11-13-46)47-18-28(44-45-47)32(19-4-6-21(35)7-5-19)43-27-15-22(36)14-24-31(20(16-40)17-41-33(24)27)42-26-9-8-25(37)29(38)30(26)39/h4-9,14-15,17-18,23,32,43H,10-13H2,1-3H3,(H,41,42)/t32-/m0/s1. The van der Waals surface area contributed by atoms with Gasteiger partial charge < -0.3 is 10.6 Å². The van der Waals surface area contributed by atoms with Gasteiger partial charge in [0.15, 0.2) is 5.82 Å². The lowest BCUT2D eigenvalue weighted by molar-refractivity contribution is 0.0866. The van der Waals surface area contributed by atoms with Crippen LogP contribution in [0.4, 0.5) is 21.5 Å². The number of likely N-dealkylation sites (tertiary alicyclic amines) is 1. The smallest absolute Gasteiger partial charge is 0.166 e. The number of halogens is 5. The highest BCUT2D eigenvalue weighted by atomic mass is 35.5. The fourth-order valence-corrected chi connectivity index (χ4v) is 6.55. The number of hydrogen-bond donors (Lipinski definition) is 2. The molecule has 242 valence electrons. The van der Waals surface area contributed by atoms with Gasteiger partial charge >= 0.3 is 0 Å². The maximum absolute atomic E-state index is 15.1. The number of anilines is 3. The highest BCUT2D eigenvalue weighted by Crippen LogP contribution is 2.39. The van der Waals surface area contributed by atoms with Crippen molar-refractivity contribution in [1.82, 2.24) is 24.9 Å². The fourth-order valence-electron chi connectivity index (χ4n) is 5.90. The number of nitriles is 1. The molecule has 0 amide bonds. The van der Waals surface area contributed by atoms with Gasteiger partial charge in [-0.1, -0.05) is 63.7 Å². The predicted molar refractivity (Wildman–Crippen MR) is 188 cm³/mol. The van der Waals surface area contributed by atoms with E-state index in [1.807, 2.05) is 35.1 Å². The van der Waals surface area contributed by atoms with E-state index in [0.717, 1.165) is 31.5 Å². The maximum atomic E-state index is 15.1. The van der Waals surface area contributed by atoms with Gasteiger partial charge in [-0.05, 0) is 75.6 Å². The van der Waals surface area contributed by atoms with Gasteiger partial charge in [-0.15, -0.1) is 5.10 Å². The van der Waals surface area contributed by atoms with Crippen molar-refractivity contribution in [1.29, 1.82) is 5.26 Å². The minimum atomic E-state index is -0.747. The lowest BCUT2D eigenvalue weighted by Gasteiger charge is -2.40. The Balaban J connectivity index is 1.39. The number of benzene rings is 3. The zero-order valence-corrected chi connectivity index (χ0v) is 28.9. The number of rotatable bonds is 7.